The lowest BCUT2D eigenvalue weighted by atomic mass is 10.1. The highest BCUT2D eigenvalue weighted by Gasteiger charge is 2.25. The average molecular weight is 460 g/mol. The predicted octanol–water partition coefficient (Wildman–Crippen LogP) is 4.17. The fraction of sp³-hybridized carbons (Fsp3) is 0.227. The van der Waals surface area contributed by atoms with E-state index in [0.717, 1.165) is 11.8 Å². The smallest absolute Gasteiger partial charge is 0.278 e. The number of aromatic nitrogens is 2. The quantitative estimate of drug-likeness (QED) is 0.469. The fourth-order valence-corrected chi connectivity index (χ4v) is 3.72. The van der Waals surface area contributed by atoms with Crippen LogP contribution < -0.4 is 9.64 Å². The number of hydrogen-bond donors (Lipinski definition) is 0. The number of benzene rings is 2. The molecule has 3 aromatic rings. The molecule has 1 amide bonds. The highest BCUT2D eigenvalue weighted by molar-refractivity contribution is 7.91. The van der Waals surface area contributed by atoms with Crippen LogP contribution >= 0.6 is 11.6 Å². The number of amides is 1. The van der Waals surface area contributed by atoms with E-state index >= 15 is 0 Å². The summed E-state index contributed by atoms with van der Waals surface area (Å²) < 4.78 is 29.9. The zero-order chi connectivity index (χ0) is 22.4. The van der Waals surface area contributed by atoms with Gasteiger partial charge in [0.1, 0.15) is 5.75 Å². The zero-order valence-electron chi connectivity index (χ0n) is 17.2. The Morgan fingerprint density at radius 1 is 1.06 bits per heavy atom. The molecule has 0 unspecified atom stereocenters. The number of rotatable bonds is 8. The van der Waals surface area contributed by atoms with Crippen molar-refractivity contribution in [3.63, 3.8) is 0 Å². The minimum absolute atomic E-state index is 0.0240. The number of carbonyl (C=O) groups excluding carboxylic acids is 1. The van der Waals surface area contributed by atoms with Crippen molar-refractivity contribution in [2.75, 3.05) is 17.3 Å². The van der Waals surface area contributed by atoms with Crippen molar-refractivity contribution in [2.45, 2.75) is 25.5 Å². The summed E-state index contributed by atoms with van der Waals surface area (Å²) in [7, 11) is -3.70. The molecule has 0 aliphatic rings. The van der Waals surface area contributed by atoms with Crippen molar-refractivity contribution in [1.82, 2.24) is 9.97 Å². The molecule has 0 aliphatic heterocycles. The Kier molecular flexibility index (Phi) is 7.25. The molecule has 31 heavy (non-hydrogen) atoms. The molecule has 1 aromatic heterocycles. The van der Waals surface area contributed by atoms with Gasteiger partial charge in [-0.3, -0.25) is 4.79 Å². The first kappa shape index (κ1) is 22.7. The van der Waals surface area contributed by atoms with Gasteiger partial charge < -0.3 is 9.64 Å². The molecule has 0 spiro atoms. The lowest BCUT2D eigenvalue weighted by molar-refractivity contribution is 0.0979. The maximum Gasteiger partial charge on any atom is 0.278 e. The van der Waals surface area contributed by atoms with E-state index < -0.39 is 20.9 Å². The lowest BCUT2D eigenvalue weighted by Gasteiger charge is -2.23. The van der Waals surface area contributed by atoms with Crippen LogP contribution in [0.1, 0.15) is 29.9 Å². The molecule has 2 aromatic carbocycles. The van der Waals surface area contributed by atoms with Crippen LogP contribution in [0, 0.1) is 0 Å². The summed E-state index contributed by atoms with van der Waals surface area (Å²) in [6.45, 7) is 4.13. The van der Waals surface area contributed by atoms with Crippen LogP contribution in [0.15, 0.2) is 66.0 Å². The molecule has 0 N–H and O–H groups in total. The number of carbonyl (C=O) groups is 1. The molecule has 0 saturated carbocycles. The van der Waals surface area contributed by atoms with Gasteiger partial charge in [0.25, 0.3) is 5.91 Å². The first-order valence-electron chi connectivity index (χ1n) is 9.69. The Hall–Kier alpha value is -2.97. The molecule has 0 atom stereocenters. The Balaban J connectivity index is 2.04. The molecular weight excluding hydrogens is 438 g/mol. The van der Waals surface area contributed by atoms with Gasteiger partial charge in [0, 0.05) is 5.69 Å². The fourth-order valence-electron chi connectivity index (χ4n) is 2.84. The van der Waals surface area contributed by atoms with Crippen LogP contribution in [0.4, 0.5) is 5.69 Å². The second kappa shape index (κ2) is 9.89. The third-order valence-corrected chi connectivity index (χ3v) is 6.26. The van der Waals surface area contributed by atoms with Gasteiger partial charge in [-0.15, -0.1) is 0 Å². The van der Waals surface area contributed by atoms with E-state index in [-0.39, 0.29) is 23.0 Å². The summed E-state index contributed by atoms with van der Waals surface area (Å²) in [5, 5.41) is -0.446. The zero-order valence-corrected chi connectivity index (χ0v) is 18.7. The van der Waals surface area contributed by atoms with E-state index in [2.05, 4.69) is 9.97 Å². The minimum Gasteiger partial charge on any atom is -0.494 e. The highest BCUT2D eigenvalue weighted by Crippen LogP contribution is 2.25. The Bertz CT molecular complexity index is 1150. The van der Waals surface area contributed by atoms with Gasteiger partial charge in [-0.05, 0) is 36.8 Å². The molecule has 0 radical (unpaired) electrons. The van der Waals surface area contributed by atoms with E-state index in [1.54, 1.807) is 24.3 Å². The molecule has 0 bridgehead atoms. The minimum atomic E-state index is -3.70. The monoisotopic (exact) mass is 459 g/mol. The molecule has 0 aliphatic carbocycles. The van der Waals surface area contributed by atoms with Crippen LogP contribution in [-0.4, -0.2) is 36.7 Å². The van der Waals surface area contributed by atoms with Gasteiger partial charge in [-0.25, -0.2) is 18.4 Å². The average Bonchev–Trinajstić information content (AvgIpc) is 2.79. The highest BCUT2D eigenvalue weighted by atomic mass is 35.5. The summed E-state index contributed by atoms with van der Waals surface area (Å²) in [5.74, 6) is -0.0442. The first-order valence-corrected chi connectivity index (χ1v) is 11.7. The van der Waals surface area contributed by atoms with Crippen LogP contribution in [0.2, 0.25) is 5.02 Å². The normalized spacial score (nSPS) is 11.2. The number of hydrogen-bond acceptors (Lipinski definition) is 6. The SMILES string of the molecule is CCOc1ccc(N(Cc2ccccc2)C(=O)c2nc(S(=O)(=O)CC)ncc2Cl)cc1. The summed E-state index contributed by atoms with van der Waals surface area (Å²) in [5.41, 5.74) is 1.30. The lowest BCUT2D eigenvalue weighted by Crippen LogP contribution is -2.32. The molecule has 7 nitrogen and oxygen atoms in total. The second-order valence-corrected chi connectivity index (χ2v) is 9.14. The molecule has 0 fully saturated rings. The largest absolute Gasteiger partial charge is 0.494 e. The molecular formula is C22H22ClN3O4S. The first-order chi connectivity index (χ1) is 14.9. The van der Waals surface area contributed by atoms with Crippen LogP contribution in [0.5, 0.6) is 5.75 Å². The Labute approximate surface area is 186 Å². The Morgan fingerprint density at radius 3 is 2.35 bits per heavy atom. The maximum absolute atomic E-state index is 13.5. The molecule has 9 heteroatoms. The topological polar surface area (TPSA) is 89.5 Å². The van der Waals surface area contributed by atoms with Crippen molar-refractivity contribution in [3.8, 4) is 5.75 Å². The third kappa shape index (κ3) is 5.39. The summed E-state index contributed by atoms with van der Waals surface area (Å²) in [4.78, 5) is 22.8. The number of sulfone groups is 1. The summed E-state index contributed by atoms with van der Waals surface area (Å²) in [6, 6.07) is 16.5. The summed E-state index contributed by atoms with van der Waals surface area (Å²) >= 11 is 6.20. The van der Waals surface area contributed by atoms with E-state index in [4.69, 9.17) is 16.3 Å². The van der Waals surface area contributed by atoms with Crippen molar-refractivity contribution < 1.29 is 17.9 Å². The van der Waals surface area contributed by atoms with Crippen molar-refractivity contribution in [3.05, 3.63) is 77.1 Å². The maximum atomic E-state index is 13.5. The van der Waals surface area contributed by atoms with Gasteiger partial charge in [-0.1, -0.05) is 48.9 Å². The van der Waals surface area contributed by atoms with E-state index in [0.29, 0.717) is 18.0 Å². The van der Waals surface area contributed by atoms with Crippen LogP contribution in [-0.2, 0) is 16.4 Å². The van der Waals surface area contributed by atoms with Crippen LogP contribution in [0.25, 0.3) is 0 Å². The Morgan fingerprint density at radius 2 is 1.74 bits per heavy atom. The van der Waals surface area contributed by atoms with Crippen molar-refractivity contribution in [2.24, 2.45) is 0 Å². The molecule has 1 heterocycles. The second-order valence-electron chi connectivity index (χ2n) is 6.56. The standard InChI is InChI=1S/C22H22ClN3O4S/c1-3-30-18-12-10-17(11-13-18)26(15-16-8-6-5-7-9-16)21(27)20-19(23)14-24-22(25-20)31(28,29)4-2/h5-14H,3-4,15H2,1-2H3. The molecule has 0 saturated heterocycles. The molecule has 162 valence electrons. The van der Waals surface area contributed by atoms with Crippen molar-refractivity contribution in [1.29, 1.82) is 0 Å². The predicted molar refractivity (Wildman–Crippen MR) is 119 cm³/mol. The molecule has 3 rings (SSSR count). The number of halogens is 1. The van der Waals surface area contributed by atoms with Crippen molar-refractivity contribution >= 4 is 33.0 Å². The third-order valence-electron chi connectivity index (χ3n) is 4.47. The van der Waals surface area contributed by atoms with E-state index in [1.807, 2.05) is 37.3 Å². The van der Waals surface area contributed by atoms with Crippen LogP contribution in [0.3, 0.4) is 0 Å². The number of anilines is 1. The summed E-state index contributed by atoms with van der Waals surface area (Å²) in [6.07, 6.45) is 1.14. The van der Waals surface area contributed by atoms with Gasteiger partial charge in [0.05, 0.1) is 30.1 Å². The van der Waals surface area contributed by atoms with Gasteiger partial charge in [-0.2, -0.15) is 0 Å². The van der Waals surface area contributed by atoms with E-state index in [9.17, 15) is 13.2 Å². The van der Waals surface area contributed by atoms with Gasteiger partial charge in [0.15, 0.2) is 5.69 Å². The number of ether oxygens (including phenoxy) is 1. The van der Waals surface area contributed by atoms with E-state index in [1.165, 1.54) is 11.8 Å². The van der Waals surface area contributed by atoms with Gasteiger partial charge >= 0.3 is 0 Å². The van der Waals surface area contributed by atoms with Gasteiger partial charge in [0.2, 0.25) is 15.0 Å². The number of nitrogens with zero attached hydrogens (tertiary/aromatic N) is 3.